The molecule has 1 aromatic heterocycles. The third-order valence-electron chi connectivity index (χ3n) is 4.38. The third kappa shape index (κ3) is 5.24. The molecule has 0 unspecified atom stereocenters. The van der Waals surface area contributed by atoms with Gasteiger partial charge in [0.25, 0.3) is 10.1 Å². The Hall–Kier alpha value is -2.75. The summed E-state index contributed by atoms with van der Waals surface area (Å²) in [4.78, 5) is 12.2. The quantitative estimate of drug-likeness (QED) is 0.430. The van der Waals surface area contributed by atoms with Crippen LogP contribution < -0.4 is 11.5 Å². The van der Waals surface area contributed by atoms with Gasteiger partial charge >= 0.3 is 5.76 Å². The first-order chi connectivity index (χ1) is 14.1. The first-order valence-electron chi connectivity index (χ1n) is 9.54. The highest BCUT2D eigenvalue weighted by atomic mass is 32.2. The van der Waals surface area contributed by atoms with E-state index < -0.39 is 21.6 Å². The minimum atomic E-state index is -4.14. The standard InChI is InChI=1S/C21H25N3O5S/c1-15(2)13-21(22,29-30(26,27)18-11-9-16(3)10-12-18)14-19-23-24(20(25)28-19)17-7-5-4-6-8-17/h4-12,15H,13-14,22H2,1-3H3/t21-/m1/s1. The van der Waals surface area contributed by atoms with Crippen LogP contribution in [0.2, 0.25) is 0 Å². The maximum Gasteiger partial charge on any atom is 0.441 e. The summed E-state index contributed by atoms with van der Waals surface area (Å²) in [6.45, 7) is 5.64. The van der Waals surface area contributed by atoms with Crippen molar-refractivity contribution in [2.45, 2.75) is 44.2 Å². The van der Waals surface area contributed by atoms with Crippen LogP contribution in [0.1, 0.15) is 31.7 Å². The van der Waals surface area contributed by atoms with Crippen molar-refractivity contribution in [2.24, 2.45) is 11.7 Å². The number of aryl methyl sites for hydroxylation is 1. The molecule has 30 heavy (non-hydrogen) atoms. The van der Waals surface area contributed by atoms with Crippen LogP contribution in [0.15, 0.2) is 68.7 Å². The summed E-state index contributed by atoms with van der Waals surface area (Å²) < 4.78 is 37.4. The minimum Gasteiger partial charge on any atom is -0.392 e. The Morgan fingerprint density at radius 2 is 1.77 bits per heavy atom. The van der Waals surface area contributed by atoms with Crippen molar-refractivity contribution in [1.82, 2.24) is 9.78 Å². The molecule has 0 spiro atoms. The Labute approximate surface area is 175 Å². The van der Waals surface area contributed by atoms with Gasteiger partial charge in [-0.3, -0.25) is 0 Å². The van der Waals surface area contributed by atoms with E-state index in [4.69, 9.17) is 14.3 Å². The Balaban J connectivity index is 1.90. The maximum absolute atomic E-state index is 12.8. The largest absolute Gasteiger partial charge is 0.441 e. The zero-order valence-electron chi connectivity index (χ0n) is 17.1. The van der Waals surface area contributed by atoms with Crippen molar-refractivity contribution in [1.29, 1.82) is 0 Å². The smallest absolute Gasteiger partial charge is 0.392 e. The van der Waals surface area contributed by atoms with Crippen molar-refractivity contribution >= 4 is 10.1 Å². The molecule has 2 N–H and O–H groups in total. The summed E-state index contributed by atoms with van der Waals surface area (Å²) in [6, 6.07) is 15.0. The number of benzene rings is 2. The zero-order chi connectivity index (χ0) is 21.9. The van der Waals surface area contributed by atoms with Crippen LogP contribution in [-0.4, -0.2) is 23.9 Å². The van der Waals surface area contributed by atoms with E-state index in [-0.39, 0.29) is 29.5 Å². The summed E-state index contributed by atoms with van der Waals surface area (Å²) in [6.07, 6.45) is 0.0192. The predicted molar refractivity (Wildman–Crippen MR) is 112 cm³/mol. The molecule has 2 aromatic carbocycles. The van der Waals surface area contributed by atoms with Gasteiger partial charge in [-0.15, -0.1) is 5.10 Å². The summed E-state index contributed by atoms with van der Waals surface area (Å²) in [5.74, 6) is -0.679. The van der Waals surface area contributed by atoms with Crippen LogP contribution >= 0.6 is 0 Å². The normalized spacial score (nSPS) is 14.0. The van der Waals surface area contributed by atoms with Gasteiger partial charge in [0.2, 0.25) is 5.89 Å². The SMILES string of the molecule is Cc1ccc(S(=O)(=O)O[C@@](N)(Cc2nn(-c3ccccc3)c(=O)o2)CC(C)C)cc1. The minimum absolute atomic E-state index is 0.00273. The zero-order valence-corrected chi connectivity index (χ0v) is 17.9. The molecule has 0 aliphatic rings. The molecule has 1 atom stereocenters. The lowest BCUT2D eigenvalue weighted by Gasteiger charge is -2.29. The molecule has 3 aromatic rings. The highest BCUT2D eigenvalue weighted by Gasteiger charge is 2.36. The summed E-state index contributed by atoms with van der Waals surface area (Å²) in [5, 5.41) is 4.17. The van der Waals surface area contributed by atoms with Crippen molar-refractivity contribution in [2.75, 3.05) is 0 Å². The van der Waals surface area contributed by atoms with E-state index in [1.54, 1.807) is 36.4 Å². The monoisotopic (exact) mass is 431 g/mol. The fraction of sp³-hybridized carbons (Fsp3) is 0.333. The number of rotatable bonds is 8. The van der Waals surface area contributed by atoms with Crippen LogP contribution in [0.4, 0.5) is 0 Å². The molecule has 0 fully saturated rings. The van der Waals surface area contributed by atoms with Crippen LogP contribution in [0.25, 0.3) is 5.69 Å². The average Bonchev–Trinajstić information content (AvgIpc) is 3.01. The maximum atomic E-state index is 12.8. The fourth-order valence-electron chi connectivity index (χ4n) is 3.17. The molecule has 0 saturated heterocycles. The first kappa shape index (κ1) is 21.9. The lowest BCUT2D eigenvalue weighted by atomic mass is 9.98. The van der Waals surface area contributed by atoms with E-state index in [2.05, 4.69) is 5.10 Å². The molecule has 0 aliphatic carbocycles. The third-order valence-corrected chi connectivity index (χ3v) is 5.78. The van der Waals surface area contributed by atoms with Gasteiger partial charge in [0.05, 0.1) is 17.0 Å². The van der Waals surface area contributed by atoms with Gasteiger partial charge in [-0.25, -0.2) is 8.98 Å². The van der Waals surface area contributed by atoms with Crippen molar-refractivity contribution in [3.05, 3.63) is 76.6 Å². The van der Waals surface area contributed by atoms with Crippen LogP contribution in [0.3, 0.4) is 0 Å². The molecule has 0 radical (unpaired) electrons. The molecule has 9 heteroatoms. The van der Waals surface area contributed by atoms with Gasteiger partial charge in [0.15, 0.2) is 0 Å². The molecule has 3 rings (SSSR count). The van der Waals surface area contributed by atoms with Gasteiger partial charge < -0.3 is 10.2 Å². The first-order valence-corrected chi connectivity index (χ1v) is 10.9. The lowest BCUT2D eigenvalue weighted by Crippen LogP contribution is -2.47. The van der Waals surface area contributed by atoms with Gasteiger partial charge in [-0.05, 0) is 43.5 Å². The van der Waals surface area contributed by atoms with Gasteiger partial charge in [-0.1, -0.05) is 49.7 Å². The van der Waals surface area contributed by atoms with Crippen molar-refractivity contribution in [3.8, 4) is 5.69 Å². The van der Waals surface area contributed by atoms with Crippen LogP contribution in [0, 0.1) is 12.8 Å². The molecule has 8 nitrogen and oxygen atoms in total. The molecule has 160 valence electrons. The Kier molecular flexibility index (Phi) is 6.25. The van der Waals surface area contributed by atoms with Crippen molar-refractivity contribution in [3.63, 3.8) is 0 Å². The van der Waals surface area contributed by atoms with Gasteiger partial charge in [-0.2, -0.15) is 13.1 Å². The Morgan fingerprint density at radius 3 is 2.37 bits per heavy atom. The Bertz CT molecular complexity index is 1150. The van der Waals surface area contributed by atoms with E-state index in [9.17, 15) is 13.2 Å². The van der Waals surface area contributed by atoms with Crippen LogP contribution in [-0.2, 0) is 20.7 Å². The molecule has 0 saturated carbocycles. The van der Waals surface area contributed by atoms with Gasteiger partial charge in [0, 0.05) is 0 Å². The van der Waals surface area contributed by atoms with Gasteiger partial charge in [0.1, 0.15) is 5.72 Å². The highest BCUT2D eigenvalue weighted by Crippen LogP contribution is 2.26. The summed E-state index contributed by atoms with van der Waals surface area (Å²) in [7, 11) is -4.14. The number of hydrogen-bond donors (Lipinski definition) is 1. The number of hydrogen-bond acceptors (Lipinski definition) is 7. The molecular formula is C21H25N3O5S. The van der Waals surface area contributed by atoms with Crippen LogP contribution in [0.5, 0.6) is 0 Å². The van der Waals surface area contributed by atoms with E-state index in [1.165, 1.54) is 12.1 Å². The summed E-state index contributed by atoms with van der Waals surface area (Å²) >= 11 is 0. The number of para-hydroxylation sites is 1. The lowest BCUT2D eigenvalue weighted by molar-refractivity contribution is 0.0539. The molecule has 0 amide bonds. The number of nitrogens with zero attached hydrogens (tertiary/aromatic N) is 2. The Morgan fingerprint density at radius 1 is 1.13 bits per heavy atom. The predicted octanol–water partition coefficient (Wildman–Crippen LogP) is 2.78. The second-order valence-corrected chi connectivity index (χ2v) is 9.25. The molecular weight excluding hydrogens is 406 g/mol. The second kappa shape index (κ2) is 8.55. The molecule has 0 bridgehead atoms. The highest BCUT2D eigenvalue weighted by molar-refractivity contribution is 7.86. The van der Waals surface area contributed by atoms with Crippen molar-refractivity contribution < 1.29 is 17.0 Å². The van der Waals surface area contributed by atoms with E-state index in [0.717, 1.165) is 10.2 Å². The topological polar surface area (TPSA) is 117 Å². The molecule has 0 aliphatic heterocycles. The molecule has 1 heterocycles. The average molecular weight is 432 g/mol. The fourth-order valence-corrected chi connectivity index (χ4v) is 4.30. The second-order valence-electron chi connectivity index (χ2n) is 7.70. The number of nitrogens with two attached hydrogens (primary N) is 1. The summed E-state index contributed by atoms with van der Waals surface area (Å²) in [5.41, 5.74) is 6.18. The van der Waals surface area contributed by atoms with E-state index in [0.29, 0.717) is 5.69 Å². The number of aromatic nitrogens is 2. The van der Waals surface area contributed by atoms with E-state index >= 15 is 0 Å². The van der Waals surface area contributed by atoms with E-state index in [1.807, 2.05) is 26.8 Å².